The van der Waals surface area contributed by atoms with Gasteiger partial charge < -0.3 is 0 Å². The lowest BCUT2D eigenvalue weighted by Gasteiger charge is -2.21. The van der Waals surface area contributed by atoms with Crippen LogP contribution in [0.2, 0.25) is 0 Å². The van der Waals surface area contributed by atoms with Gasteiger partial charge in [-0.25, -0.2) is 0 Å². The smallest absolute Gasteiger partial charge is 0.0159 e. The van der Waals surface area contributed by atoms with Gasteiger partial charge in [-0.3, -0.25) is 0 Å². The third-order valence-corrected chi connectivity index (χ3v) is 5.43. The van der Waals surface area contributed by atoms with E-state index in [9.17, 15) is 0 Å². The van der Waals surface area contributed by atoms with E-state index < -0.39 is 0 Å². The molecule has 0 aliphatic heterocycles. The Morgan fingerprint density at radius 2 is 1.35 bits per heavy atom. The highest BCUT2D eigenvalue weighted by molar-refractivity contribution is 5.92. The second-order valence-electron chi connectivity index (χ2n) is 7.20. The number of hydrogen-bond acceptors (Lipinski definition) is 0. The van der Waals surface area contributed by atoms with E-state index in [4.69, 9.17) is 0 Å². The highest BCUT2D eigenvalue weighted by Crippen LogP contribution is 2.51. The van der Waals surface area contributed by atoms with Crippen LogP contribution in [0.3, 0.4) is 0 Å². The number of hydrogen-bond donors (Lipinski definition) is 0. The Balaban J connectivity index is 2.04. The SMILES string of the molecule is Cc1ccc(-c2cccc3c2-c2ccccc2C3(C)C)cc1C. The predicted molar refractivity (Wildman–Crippen MR) is 98.9 cm³/mol. The second kappa shape index (κ2) is 4.83. The Morgan fingerprint density at radius 3 is 2.13 bits per heavy atom. The summed E-state index contributed by atoms with van der Waals surface area (Å²) in [5.41, 5.74) is 11.1. The zero-order valence-electron chi connectivity index (χ0n) is 14.3. The molecule has 0 saturated carbocycles. The van der Waals surface area contributed by atoms with E-state index in [0.717, 1.165) is 0 Å². The minimum atomic E-state index is 0.0711. The van der Waals surface area contributed by atoms with Crippen LogP contribution < -0.4 is 0 Å². The minimum Gasteiger partial charge on any atom is -0.0619 e. The van der Waals surface area contributed by atoms with Crippen molar-refractivity contribution in [3.05, 3.63) is 82.9 Å². The van der Waals surface area contributed by atoms with Gasteiger partial charge in [0.2, 0.25) is 0 Å². The average molecular weight is 298 g/mol. The molecule has 0 heteroatoms. The first-order valence-corrected chi connectivity index (χ1v) is 8.31. The molecule has 1 aliphatic rings. The summed E-state index contributed by atoms with van der Waals surface area (Å²) in [5.74, 6) is 0. The van der Waals surface area contributed by atoms with Crippen molar-refractivity contribution < 1.29 is 0 Å². The number of rotatable bonds is 1. The van der Waals surface area contributed by atoms with E-state index in [1.165, 1.54) is 44.5 Å². The predicted octanol–water partition coefficient (Wildman–Crippen LogP) is 6.28. The third kappa shape index (κ3) is 1.98. The summed E-state index contributed by atoms with van der Waals surface area (Å²) >= 11 is 0. The van der Waals surface area contributed by atoms with Crippen molar-refractivity contribution in [3.63, 3.8) is 0 Å². The maximum Gasteiger partial charge on any atom is 0.0159 e. The van der Waals surface area contributed by atoms with E-state index >= 15 is 0 Å². The third-order valence-electron chi connectivity index (χ3n) is 5.43. The number of aryl methyl sites for hydroxylation is 2. The van der Waals surface area contributed by atoms with Crippen LogP contribution in [0, 0.1) is 13.8 Å². The van der Waals surface area contributed by atoms with Gasteiger partial charge in [0.1, 0.15) is 0 Å². The molecule has 0 radical (unpaired) electrons. The van der Waals surface area contributed by atoms with Crippen molar-refractivity contribution in [3.8, 4) is 22.3 Å². The molecular formula is C23H22. The Bertz CT molecular complexity index is 913. The molecule has 0 saturated heterocycles. The van der Waals surface area contributed by atoms with Crippen LogP contribution in [-0.2, 0) is 5.41 Å². The molecule has 23 heavy (non-hydrogen) atoms. The van der Waals surface area contributed by atoms with Crippen LogP contribution in [-0.4, -0.2) is 0 Å². The second-order valence-corrected chi connectivity index (χ2v) is 7.20. The maximum absolute atomic E-state index is 2.34. The van der Waals surface area contributed by atoms with Crippen LogP contribution >= 0.6 is 0 Å². The molecule has 0 unspecified atom stereocenters. The molecule has 0 heterocycles. The van der Waals surface area contributed by atoms with E-state index in [1.807, 2.05) is 0 Å². The highest BCUT2D eigenvalue weighted by atomic mass is 14.4. The summed E-state index contributed by atoms with van der Waals surface area (Å²) < 4.78 is 0. The van der Waals surface area contributed by atoms with Gasteiger partial charge in [-0.05, 0) is 58.4 Å². The van der Waals surface area contributed by atoms with Crippen molar-refractivity contribution in [1.82, 2.24) is 0 Å². The monoisotopic (exact) mass is 298 g/mol. The quantitative estimate of drug-likeness (QED) is 0.496. The van der Waals surface area contributed by atoms with Gasteiger partial charge in [-0.1, -0.05) is 74.5 Å². The molecule has 0 aromatic heterocycles. The Labute approximate surface area is 138 Å². The van der Waals surface area contributed by atoms with Gasteiger partial charge in [0.25, 0.3) is 0 Å². The summed E-state index contributed by atoms with van der Waals surface area (Å²) in [6.45, 7) is 9.04. The summed E-state index contributed by atoms with van der Waals surface area (Å²) in [5, 5.41) is 0. The highest BCUT2D eigenvalue weighted by Gasteiger charge is 2.36. The molecule has 0 N–H and O–H groups in total. The van der Waals surface area contributed by atoms with Crippen molar-refractivity contribution in [2.45, 2.75) is 33.1 Å². The fraction of sp³-hybridized carbons (Fsp3) is 0.217. The van der Waals surface area contributed by atoms with Gasteiger partial charge in [-0.15, -0.1) is 0 Å². The van der Waals surface area contributed by atoms with Crippen molar-refractivity contribution in [1.29, 1.82) is 0 Å². The van der Waals surface area contributed by atoms with Crippen LogP contribution in [0.1, 0.15) is 36.1 Å². The lowest BCUT2D eigenvalue weighted by Crippen LogP contribution is -2.14. The molecular weight excluding hydrogens is 276 g/mol. The van der Waals surface area contributed by atoms with Crippen LogP contribution in [0.15, 0.2) is 60.7 Å². The first-order valence-electron chi connectivity index (χ1n) is 8.31. The van der Waals surface area contributed by atoms with Gasteiger partial charge in [-0.2, -0.15) is 0 Å². The topological polar surface area (TPSA) is 0 Å². The minimum absolute atomic E-state index is 0.0711. The fourth-order valence-corrected chi connectivity index (χ4v) is 3.90. The van der Waals surface area contributed by atoms with Gasteiger partial charge in [0.05, 0.1) is 0 Å². The molecule has 3 aromatic rings. The number of benzene rings is 3. The molecule has 0 nitrogen and oxygen atoms in total. The maximum atomic E-state index is 2.34. The van der Waals surface area contributed by atoms with E-state index in [-0.39, 0.29) is 5.41 Å². The molecule has 0 atom stereocenters. The zero-order valence-corrected chi connectivity index (χ0v) is 14.3. The lowest BCUT2D eigenvalue weighted by molar-refractivity contribution is 0.660. The Morgan fingerprint density at radius 1 is 0.652 bits per heavy atom. The molecule has 4 rings (SSSR count). The van der Waals surface area contributed by atoms with Crippen molar-refractivity contribution in [2.24, 2.45) is 0 Å². The van der Waals surface area contributed by atoms with Crippen LogP contribution in [0.5, 0.6) is 0 Å². The molecule has 0 spiro atoms. The molecule has 1 aliphatic carbocycles. The fourth-order valence-electron chi connectivity index (χ4n) is 3.90. The average Bonchev–Trinajstić information content (AvgIpc) is 2.79. The Kier molecular flexibility index (Phi) is 2.99. The van der Waals surface area contributed by atoms with Crippen molar-refractivity contribution >= 4 is 0 Å². The normalized spacial score (nSPS) is 14.4. The summed E-state index contributed by atoms with van der Waals surface area (Å²) in [6.07, 6.45) is 0. The van der Waals surface area contributed by atoms with Gasteiger partial charge >= 0.3 is 0 Å². The first kappa shape index (κ1) is 14.3. The van der Waals surface area contributed by atoms with Crippen molar-refractivity contribution in [2.75, 3.05) is 0 Å². The van der Waals surface area contributed by atoms with E-state index in [1.54, 1.807) is 0 Å². The Hall–Kier alpha value is -2.34. The molecule has 0 amide bonds. The lowest BCUT2D eigenvalue weighted by atomic mass is 9.82. The molecule has 0 bridgehead atoms. The zero-order chi connectivity index (χ0) is 16.2. The summed E-state index contributed by atoms with van der Waals surface area (Å²) in [4.78, 5) is 0. The standard InChI is InChI=1S/C23H22/c1-15-12-13-17(14-16(15)2)18-9-7-11-21-22(18)19-8-5-6-10-20(19)23(21,3)4/h5-14H,1-4H3. The largest absolute Gasteiger partial charge is 0.0619 e. The van der Waals surface area contributed by atoms with Crippen LogP contribution in [0.25, 0.3) is 22.3 Å². The van der Waals surface area contributed by atoms with E-state index in [2.05, 4.69) is 88.4 Å². The van der Waals surface area contributed by atoms with Gasteiger partial charge in [0, 0.05) is 5.41 Å². The van der Waals surface area contributed by atoms with E-state index in [0.29, 0.717) is 0 Å². The van der Waals surface area contributed by atoms with Crippen LogP contribution in [0.4, 0.5) is 0 Å². The molecule has 114 valence electrons. The number of fused-ring (bicyclic) bond motifs is 3. The van der Waals surface area contributed by atoms with Gasteiger partial charge in [0.15, 0.2) is 0 Å². The molecule has 3 aromatic carbocycles. The summed E-state index contributed by atoms with van der Waals surface area (Å²) in [7, 11) is 0. The molecule has 0 fully saturated rings. The first-order chi connectivity index (χ1) is 11.0. The summed E-state index contributed by atoms with van der Waals surface area (Å²) in [6, 6.07) is 22.4.